The predicted octanol–water partition coefficient (Wildman–Crippen LogP) is 2.40. The van der Waals surface area contributed by atoms with Crippen LogP contribution in [0.15, 0.2) is 0 Å². The van der Waals surface area contributed by atoms with Gasteiger partial charge < -0.3 is 14.2 Å². The minimum atomic E-state index is -5.66. The number of hydrogen-bond donors (Lipinski definition) is 1. The number of alkyl halides is 2. The molecule has 10 heteroatoms. The summed E-state index contributed by atoms with van der Waals surface area (Å²) in [6, 6.07) is 0. The highest BCUT2D eigenvalue weighted by Crippen LogP contribution is 2.46. The summed E-state index contributed by atoms with van der Waals surface area (Å²) in [5.41, 5.74) is 0. The van der Waals surface area contributed by atoms with E-state index in [1.54, 1.807) is 0 Å². The molecule has 3 rings (SSSR count). The number of epoxide rings is 1. The molecule has 6 atom stereocenters. The second kappa shape index (κ2) is 7.88. The Bertz CT molecular complexity index is 650. The quantitative estimate of drug-likeness (QED) is 0.389. The van der Waals surface area contributed by atoms with Crippen LogP contribution in [0.25, 0.3) is 0 Å². The molecule has 3 aliphatic rings. The van der Waals surface area contributed by atoms with Crippen LogP contribution in [0.2, 0.25) is 0 Å². The maximum atomic E-state index is 13.7. The van der Waals surface area contributed by atoms with Crippen molar-refractivity contribution >= 4 is 16.1 Å². The van der Waals surface area contributed by atoms with Gasteiger partial charge in [-0.05, 0) is 44.4 Å². The minimum absolute atomic E-state index is 0.0141. The fourth-order valence-corrected chi connectivity index (χ4v) is 4.85. The molecule has 1 saturated heterocycles. The molecule has 1 aliphatic heterocycles. The largest absolute Gasteiger partial charge is 0.455 e. The lowest BCUT2D eigenvalue weighted by molar-refractivity contribution is -0.172. The highest BCUT2D eigenvalue weighted by Gasteiger charge is 2.53. The molecular formula is C17H26F2O7S. The van der Waals surface area contributed by atoms with E-state index in [0.717, 1.165) is 39.0 Å². The number of ether oxygens (including phenoxy) is 3. The number of carbonyl (C=O) groups is 1. The van der Waals surface area contributed by atoms with Crippen LogP contribution in [0.5, 0.6) is 0 Å². The fraction of sp³-hybridized carbons (Fsp3) is 0.941. The zero-order valence-corrected chi connectivity index (χ0v) is 16.0. The second-order valence-electron chi connectivity index (χ2n) is 7.74. The van der Waals surface area contributed by atoms with E-state index in [1.807, 2.05) is 0 Å². The Kier molecular flexibility index (Phi) is 6.10. The first-order valence-corrected chi connectivity index (χ1v) is 10.8. The molecule has 156 valence electrons. The summed E-state index contributed by atoms with van der Waals surface area (Å²) in [5, 5.41) is -4.54. The lowest BCUT2D eigenvalue weighted by Gasteiger charge is -2.44. The Morgan fingerprint density at radius 3 is 2.48 bits per heavy atom. The van der Waals surface area contributed by atoms with Gasteiger partial charge in [0.1, 0.15) is 6.10 Å². The van der Waals surface area contributed by atoms with Crippen LogP contribution in [0.1, 0.15) is 45.4 Å². The van der Waals surface area contributed by atoms with Crippen molar-refractivity contribution in [3.05, 3.63) is 0 Å². The van der Waals surface area contributed by atoms with Crippen LogP contribution < -0.4 is 0 Å². The molecule has 7 nitrogen and oxygen atoms in total. The van der Waals surface area contributed by atoms with Gasteiger partial charge in [0.05, 0.1) is 25.2 Å². The van der Waals surface area contributed by atoms with Crippen molar-refractivity contribution in [2.24, 2.45) is 17.8 Å². The molecule has 0 amide bonds. The van der Waals surface area contributed by atoms with Crippen LogP contribution in [0.3, 0.4) is 0 Å². The van der Waals surface area contributed by atoms with Crippen LogP contribution in [-0.2, 0) is 29.1 Å². The van der Waals surface area contributed by atoms with Crippen molar-refractivity contribution < 1.29 is 40.8 Å². The van der Waals surface area contributed by atoms with E-state index in [0.29, 0.717) is 19.6 Å². The van der Waals surface area contributed by atoms with Crippen LogP contribution in [0.4, 0.5) is 8.78 Å². The molecule has 27 heavy (non-hydrogen) atoms. The third-order valence-electron chi connectivity index (χ3n) is 5.93. The molecule has 2 saturated carbocycles. The SMILES string of the molecule is CC(OC(=O)C1CCCC2C(OCC3CO3)CCCC12)C(F)(F)S(=O)(=O)O. The Labute approximate surface area is 157 Å². The van der Waals surface area contributed by atoms with Gasteiger partial charge in [-0.1, -0.05) is 12.8 Å². The number of rotatable bonds is 7. The van der Waals surface area contributed by atoms with Gasteiger partial charge in [0, 0.05) is 0 Å². The van der Waals surface area contributed by atoms with Gasteiger partial charge in [-0.3, -0.25) is 9.35 Å². The molecule has 0 aromatic rings. The maximum absolute atomic E-state index is 13.7. The van der Waals surface area contributed by atoms with Gasteiger partial charge in [-0.25, -0.2) is 0 Å². The number of halogens is 2. The van der Waals surface area contributed by atoms with Gasteiger partial charge in [-0.2, -0.15) is 17.2 Å². The monoisotopic (exact) mass is 412 g/mol. The van der Waals surface area contributed by atoms with Crippen molar-refractivity contribution in [3.8, 4) is 0 Å². The second-order valence-corrected chi connectivity index (χ2v) is 9.23. The Morgan fingerprint density at radius 1 is 1.22 bits per heavy atom. The Morgan fingerprint density at radius 2 is 1.85 bits per heavy atom. The van der Waals surface area contributed by atoms with E-state index in [1.165, 1.54) is 0 Å². The highest BCUT2D eigenvalue weighted by atomic mass is 32.2. The molecule has 0 aromatic carbocycles. The fourth-order valence-electron chi connectivity index (χ4n) is 4.38. The van der Waals surface area contributed by atoms with E-state index in [2.05, 4.69) is 0 Å². The topological polar surface area (TPSA) is 102 Å². The number of hydrogen-bond acceptors (Lipinski definition) is 6. The van der Waals surface area contributed by atoms with Crippen LogP contribution in [0, 0.1) is 17.8 Å². The van der Waals surface area contributed by atoms with Gasteiger partial charge in [-0.15, -0.1) is 0 Å². The summed E-state index contributed by atoms with van der Waals surface area (Å²) in [6.45, 7) is 2.00. The van der Waals surface area contributed by atoms with Crippen molar-refractivity contribution in [2.75, 3.05) is 13.2 Å². The van der Waals surface area contributed by atoms with Crippen molar-refractivity contribution in [1.29, 1.82) is 0 Å². The molecule has 6 unspecified atom stereocenters. The Hall–Kier alpha value is -0.840. The van der Waals surface area contributed by atoms with Gasteiger partial charge in [0.15, 0.2) is 6.10 Å². The predicted molar refractivity (Wildman–Crippen MR) is 89.7 cm³/mol. The average Bonchev–Trinajstić information content (AvgIpc) is 3.42. The third-order valence-corrected chi connectivity index (χ3v) is 6.95. The van der Waals surface area contributed by atoms with Crippen LogP contribution >= 0.6 is 0 Å². The standard InChI is InChI=1S/C17H26F2O7S/c1-10(17(18,19)27(21,22)23)26-16(20)14-6-2-5-13-12(14)4-3-7-15(13)25-9-11-8-24-11/h10-15H,2-9H2,1H3,(H,21,22,23). The van der Waals surface area contributed by atoms with Gasteiger partial charge >= 0.3 is 21.3 Å². The third kappa shape index (κ3) is 4.60. The molecule has 0 spiro atoms. The first kappa shape index (κ1) is 20.9. The summed E-state index contributed by atoms with van der Waals surface area (Å²) in [5.74, 6) is -1.27. The molecule has 1 N–H and O–H groups in total. The summed E-state index contributed by atoms with van der Waals surface area (Å²) >= 11 is 0. The van der Waals surface area contributed by atoms with Gasteiger partial charge in [0.25, 0.3) is 0 Å². The molecule has 3 fully saturated rings. The van der Waals surface area contributed by atoms with E-state index in [4.69, 9.17) is 18.8 Å². The summed E-state index contributed by atoms with van der Waals surface area (Å²) in [6.07, 6.45) is 2.63. The molecule has 0 radical (unpaired) electrons. The van der Waals surface area contributed by atoms with Gasteiger partial charge in [0.2, 0.25) is 0 Å². The molecule has 0 bridgehead atoms. The first-order chi connectivity index (χ1) is 12.6. The molecule has 2 aliphatic carbocycles. The van der Waals surface area contributed by atoms with Crippen LogP contribution in [-0.4, -0.2) is 55.7 Å². The Balaban J connectivity index is 1.64. The van der Waals surface area contributed by atoms with Crippen molar-refractivity contribution in [3.63, 3.8) is 0 Å². The highest BCUT2D eigenvalue weighted by molar-refractivity contribution is 7.86. The van der Waals surface area contributed by atoms with Crippen molar-refractivity contribution in [2.45, 2.75) is 69.0 Å². The van der Waals surface area contributed by atoms with E-state index in [9.17, 15) is 22.0 Å². The number of carbonyl (C=O) groups excluding carboxylic acids is 1. The van der Waals surface area contributed by atoms with E-state index in [-0.39, 0.29) is 24.0 Å². The summed E-state index contributed by atoms with van der Waals surface area (Å²) in [4.78, 5) is 12.5. The smallest absolute Gasteiger partial charge is 0.405 e. The number of esters is 1. The zero-order chi connectivity index (χ0) is 19.8. The summed E-state index contributed by atoms with van der Waals surface area (Å²) in [7, 11) is -5.66. The molecular weight excluding hydrogens is 386 g/mol. The minimum Gasteiger partial charge on any atom is -0.455 e. The lowest BCUT2D eigenvalue weighted by Crippen LogP contribution is -2.47. The zero-order valence-electron chi connectivity index (χ0n) is 15.2. The van der Waals surface area contributed by atoms with Crippen molar-refractivity contribution in [1.82, 2.24) is 0 Å². The normalized spacial score (nSPS) is 35.2. The first-order valence-electron chi connectivity index (χ1n) is 9.39. The van der Waals surface area contributed by atoms with E-state index < -0.39 is 33.4 Å². The average molecular weight is 412 g/mol. The molecule has 1 heterocycles. The maximum Gasteiger partial charge on any atom is 0.405 e. The lowest BCUT2D eigenvalue weighted by atomic mass is 9.64. The van der Waals surface area contributed by atoms with E-state index >= 15 is 0 Å². The molecule has 0 aromatic heterocycles. The summed E-state index contributed by atoms with van der Waals surface area (Å²) < 4.78 is 73.6. The number of fused-ring (bicyclic) bond motifs is 1.